The third kappa shape index (κ3) is 1.03. The van der Waals surface area contributed by atoms with Gasteiger partial charge in [-0.15, -0.1) is 0 Å². The molecule has 12 heavy (non-hydrogen) atoms. The van der Waals surface area contributed by atoms with Crippen molar-refractivity contribution in [3.63, 3.8) is 0 Å². The molecule has 0 saturated carbocycles. The minimum Gasteiger partial charge on any atom is -0.481 e. The molecule has 2 atom stereocenters. The van der Waals surface area contributed by atoms with Gasteiger partial charge in [0.05, 0.1) is 12.5 Å². The summed E-state index contributed by atoms with van der Waals surface area (Å²) in [7, 11) is 0. The summed E-state index contributed by atoms with van der Waals surface area (Å²) in [6.45, 7) is 2.71. The molecular weight excluding hydrogens is 158 g/mol. The summed E-state index contributed by atoms with van der Waals surface area (Å²) in [6, 6.07) is 0. The van der Waals surface area contributed by atoms with E-state index < -0.39 is 5.97 Å². The maximum Gasteiger partial charge on any atom is 0.308 e. The van der Waals surface area contributed by atoms with Gasteiger partial charge in [0.2, 0.25) is 0 Å². The van der Waals surface area contributed by atoms with E-state index in [4.69, 9.17) is 9.84 Å². The van der Waals surface area contributed by atoms with E-state index >= 15 is 0 Å². The number of carboxylic acids is 1. The molecule has 0 bridgehead atoms. The molecule has 0 aromatic heterocycles. The number of hydrogen-bond acceptors (Lipinski definition) is 3. The van der Waals surface area contributed by atoms with Crippen molar-refractivity contribution in [3.05, 3.63) is 0 Å². The summed E-state index contributed by atoms with van der Waals surface area (Å²) >= 11 is 0. The van der Waals surface area contributed by atoms with Crippen molar-refractivity contribution in [2.24, 2.45) is 11.3 Å². The van der Waals surface area contributed by atoms with Crippen LogP contribution in [-0.2, 0) is 9.53 Å². The Hall–Kier alpha value is -0.610. The minimum absolute atomic E-state index is 0.105. The van der Waals surface area contributed by atoms with E-state index in [1.54, 1.807) is 0 Å². The third-order valence-electron chi connectivity index (χ3n) is 3.00. The third-order valence-corrected chi connectivity index (χ3v) is 3.00. The summed E-state index contributed by atoms with van der Waals surface area (Å²) in [5.41, 5.74) is -0.105. The highest BCUT2D eigenvalue weighted by Crippen LogP contribution is 2.39. The second kappa shape index (κ2) is 2.71. The van der Waals surface area contributed by atoms with Gasteiger partial charge >= 0.3 is 5.97 Å². The number of hydrogen-bond donors (Lipinski definition) is 2. The molecule has 4 heteroatoms. The van der Waals surface area contributed by atoms with Gasteiger partial charge in [0.25, 0.3) is 0 Å². The van der Waals surface area contributed by atoms with Gasteiger partial charge in [0.15, 0.2) is 0 Å². The summed E-state index contributed by atoms with van der Waals surface area (Å²) in [5.74, 6) is -0.939. The molecule has 68 valence electrons. The Morgan fingerprint density at radius 2 is 2.50 bits per heavy atom. The van der Waals surface area contributed by atoms with Gasteiger partial charge in [-0.1, -0.05) is 0 Å². The lowest BCUT2D eigenvalue weighted by Gasteiger charge is -2.24. The molecule has 2 fully saturated rings. The number of carbonyl (C=O) groups is 1. The second-order valence-corrected chi connectivity index (χ2v) is 3.69. The molecule has 2 heterocycles. The number of nitrogens with one attached hydrogen (secondary N) is 1. The molecule has 4 nitrogen and oxygen atoms in total. The molecule has 2 aliphatic rings. The Morgan fingerprint density at radius 1 is 1.67 bits per heavy atom. The van der Waals surface area contributed by atoms with Crippen molar-refractivity contribution < 1.29 is 14.6 Å². The Labute approximate surface area is 70.9 Å². The van der Waals surface area contributed by atoms with E-state index in [0.29, 0.717) is 19.8 Å². The first-order valence-corrected chi connectivity index (χ1v) is 4.26. The second-order valence-electron chi connectivity index (χ2n) is 3.69. The van der Waals surface area contributed by atoms with Gasteiger partial charge in [-0.05, 0) is 6.42 Å². The largest absolute Gasteiger partial charge is 0.481 e. The van der Waals surface area contributed by atoms with Crippen LogP contribution in [0, 0.1) is 11.3 Å². The number of aliphatic carboxylic acids is 1. The monoisotopic (exact) mass is 171 g/mol. The highest BCUT2D eigenvalue weighted by Gasteiger charge is 2.49. The van der Waals surface area contributed by atoms with Crippen LogP contribution in [-0.4, -0.2) is 37.4 Å². The lowest BCUT2D eigenvalue weighted by molar-refractivity contribution is -0.144. The fourth-order valence-corrected chi connectivity index (χ4v) is 2.19. The van der Waals surface area contributed by atoms with E-state index in [9.17, 15) is 4.79 Å². The molecular formula is C8H13NO3. The van der Waals surface area contributed by atoms with Crippen LogP contribution in [0.25, 0.3) is 0 Å². The van der Waals surface area contributed by atoms with Crippen LogP contribution in [0.5, 0.6) is 0 Å². The van der Waals surface area contributed by atoms with Gasteiger partial charge in [-0.3, -0.25) is 4.79 Å². The van der Waals surface area contributed by atoms with Gasteiger partial charge in [0, 0.05) is 25.1 Å². The highest BCUT2D eigenvalue weighted by molar-refractivity contribution is 5.72. The van der Waals surface area contributed by atoms with Crippen molar-refractivity contribution in [2.45, 2.75) is 6.42 Å². The van der Waals surface area contributed by atoms with Gasteiger partial charge < -0.3 is 15.2 Å². The lowest BCUT2D eigenvalue weighted by atomic mass is 9.77. The number of carboxylic acid groups (broad SMARTS) is 1. The van der Waals surface area contributed by atoms with E-state index in [2.05, 4.69) is 5.32 Å². The maximum atomic E-state index is 10.9. The van der Waals surface area contributed by atoms with E-state index in [1.165, 1.54) is 0 Å². The summed E-state index contributed by atoms with van der Waals surface area (Å²) in [4.78, 5) is 10.9. The van der Waals surface area contributed by atoms with Gasteiger partial charge in [-0.2, -0.15) is 0 Å². The minimum atomic E-state index is -0.689. The Kier molecular flexibility index (Phi) is 1.81. The van der Waals surface area contributed by atoms with Crippen LogP contribution in [0.15, 0.2) is 0 Å². The fraction of sp³-hybridized carbons (Fsp3) is 0.875. The lowest BCUT2D eigenvalue weighted by Crippen LogP contribution is -2.35. The van der Waals surface area contributed by atoms with Crippen molar-refractivity contribution in [1.29, 1.82) is 0 Å². The zero-order valence-corrected chi connectivity index (χ0v) is 6.88. The number of rotatable bonds is 1. The van der Waals surface area contributed by atoms with Crippen LogP contribution < -0.4 is 5.32 Å². The zero-order valence-electron chi connectivity index (χ0n) is 6.88. The predicted molar refractivity (Wildman–Crippen MR) is 41.9 cm³/mol. The smallest absolute Gasteiger partial charge is 0.308 e. The highest BCUT2D eigenvalue weighted by atomic mass is 16.5. The fourth-order valence-electron chi connectivity index (χ4n) is 2.19. The maximum absolute atomic E-state index is 10.9. The van der Waals surface area contributed by atoms with Crippen LogP contribution in [0.1, 0.15) is 6.42 Å². The van der Waals surface area contributed by atoms with Crippen LogP contribution in [0.3, 0.4) is 0 Å². The summed E-state index contributed by atoms with van der Waals surface area (Å²) < 4.78 is 5.26. The first-order chi connectivity index (χ1) is 5.75. The topological polar surface area (TPSA) is 58.6 Å². The molecule has 2 N–H and O–H groups in total. The zero-order chi connectivity index (χ0) is 8.60. The van der Waals surface area contributed by atoms with Crippen LogP contribution in [0.4, 0.5) is 0 Å². The van der Waals surface area contributed by atoms with E-state index in [-0.39, 0.29) is 11.3 Å². The van der Waals surface area contributed by atoms with Crippen LogP contribution >= 0.6 is 0 Å². The molecule has 1 spiro atoms. The summed E-state index contributed by atoms with van der Waals surface area (Å²) in [6.07, 6.45) is 0.886. The quantitative estimate of drug-likeness (QED) is 0.568. The first kappa shape index (κ1) is 8.01. The normalized spacial score (nSPS) is 40.8. The Balaban J connectivity index is 2.17. The molecule has 0 aliphatic carbocycles. The predicted octanol–water partition coefficient (Wildman–Crippen LogP) is -0.303. The van der Waals surface area contributed by atoms with Gasteiger partial charge in [0.1, 0.15) is 0 Å². The molecule has 0 aromatic rings. The van der Waals surface area contributed by atoms with Crippen LogP contribution in [0.2, 0.25) is 0 Å². The van der Waals surface area contributed by atoms with E-state index in [0.717, 1.165) is 13.0 Å². The molecule has 0 aromatic carbocycles. The molecule has 2 saturated heterocycles. The average molecular weight is 171 g/mol. The Morgan fingerprint density at radius 3 is 3.08 bits per heavy atom. The van der Waals surface area contributed by atoms with Crippen molar-refractivity contribution in [1.82, 2.24) is 5.32 Å². The summed E-state index contributed by atoms with van der Waals surface area (Å²) in [5, 5.41) is 12.1. The molecule has 2 aliphatic heterocycles. The molecule has 0 amide bonds. The van der Waals surface area contributed by atoms with Crippen molar-refractivity contribution >= 4 is 5.97 Å². The molecule has 0 unspecified atom stereocenters. The van der Waals surface area contributed by atoms with Gasteiger partial charge in [-0.25, -0.2) is 0 Å². The Bertz CT molecular complexity index is 193. The SMILES string of the molecule is O=C(O)[C@@H]1CNC[C@@]12CCOC2. The van der Waals surface area contributed by atoms with E-state index in [1.807, 2.05) is 0 Å². The first-order valence-electron chi connectivity index (χ1n) is 4.26. The van der Waals surface area contributed by atoms with Crippen molar-refractivity contribution in [3.8, 4) is 0 Å². The average Bonchev–Trinajstić information content (AvgIpc) is 2.61. The van der Waals surface area contributed by atoms with Crippen molar-refractivity contribution in [2.75, 3.05) is 26.3 Å². The number of ether oxygens (including phenoxy) is 1. The molecule has 2 rings (SSSR count). The standard InChI is InChI=1S/C8H13NO3/c10-7(11)6-3-9-4-8(6)1-2-12-5-8/h6,9H,1-5H2,(H,10,11)/t6-,8+/m0/s1. The molecule has 0 radical (unpaired) electrons.